The Morgan fingerprint density at radius 3 is 3.14 bits per heavy atom. The van der Waals surface area contributed by atoms with Gasteiger partial charge in [-0.2, -0.15) is 0 Å². The van der Waals surface area contributed by atoms with Crippen molar-refractivity contribution in [1.82, 2.24) is 15.3 Å². The highest BCUT2D eigenvalue weighted by Crippen LogP contribution is 2.04. The Hall–Kier alpha value is -1.42. The van der Waals surface area contributed by atoms with Gasteiger partial charge in [0.1, 0.15) is 6.61 Å². The number of ether oxygens (including phenoxy) is 1. The fourth-order valence-electron chi connectivity index (χ4n) is 0.938. The SMILES string of the molecule is C=CCOc1cncc(CNCC)n1. The summed E-state index contributed by atoms with van der Waals surface area (Å²) in [5.74, 6) is 0.542. The fourth-order valence-corrected chi connectivity index (χ4v) is 0.938. The highest BCUT2D eigenvalue weighted by atomic mass is 16.5. The number of nitrogens with one attached hydrogen (secondary N) is 1. The van der Waals surface area contributed by atoms with Crippen molar-refractivity contribution in [2.45, 2.75) is 13.5 Å². The van der Waals surface area contributed by atoms with Crippen LogP contribution in [0, 0.1) is 0 Å². The number of nitrogens with zero attached hydrogens (tertiary/aromatic N) is 2. The third kappa shape index (κ3) is 3.53. The van der Waals surface area contributed by atoms with Crippen molar-refractivity contribution in [3.8, 4) is 5.88 Å². The van der Waals surface area contributed by atoms with Gasteiger partial charge in [-0.05, 0) is 6.54 Å². The van der Waals surface area contributed by atoms with Gasteiger partial charge < -0.3 is 10.1 Å². The lowest BCUT2D eigenvalue weighted by Crippen LogP contribution is -2.13. The predicted octanol–water partition coefficient (Wildman–Crippen LogP) is 1.15. The minimum atomic E-state index is 0.458. The molecular formula is C10H15N3O. The van der Waals surface area contributed by atoms with E-state index >= 15 is 0 Å². The summed E-state index contributed by atoms with van der Waals surface area (Å²) < 4.78 is 5.26. The standard InChI is InChI=1S/C10H15N3O/c1-3-5-14-10-8-12-7-9(13-10)6-11-4-2/h3,7-8,11H,1,4-6H2,2H3. The molecule has 0 aliphatic carbocycles. The van der Waals surface area contributed by atoms with Crippen LogP contribution >= 0.6 is 0 Å². The Kier molecular flexibility index (Phi) is 4.64. The molecule has 4 heteroatoms. The maximum atomic E-state index is 5.26. The molecule has 0 aromatic carbocycles. The minimum Gasteiger partial charge on any atom is -0.472 e. The van der Waals surface area contributed by atoms with Gasteiger partial charge in [-0.15, -0.1) is 0 Å². The van der Waals surface area contributed by atoms with E-state index in [2.05, 4.69) is 21.9 Å². The molecule has 1 aromatic rings. The Morgan fingerprint density at radius 1 is 1.57 bits per heavy atom. The minimum absolute atomic E-state index is 0.458. The summed E-state index contributed by atoms with van der Waals surface area (Å²) in [5, 5.41) is 3.17. The Bertz CT molecular complexity index is 288. The summed E-state index contributed by atoms with van der Waals surface area (Å²) in [7, 11) is 0. The van der Waals surface area contributed by atoms with Crippen LogP contribution in [-0.2, 0) is 6.54 Å². The Morgan fingerprint density at radius 2 is 2.43 bits per heavy atom. The first-order valence-electron chi connectivity index (χ1n) is 4.62. The second-order valence-electron chi connectivity index (χ2n) is 2.73. The molecule has 1 rings (SSSR count). The van der Waals surface area contributed by atoms with Gasteiger partial charge in [-0.25, -0.2) is 4.98 Å². The number of hydrogen-bond acceptors (Lipinski definition) is 4. The van der Waals surface area contributed by atoms with E-state index in [1.54, 1.807) is 18.5 Å². The molecule has 0 aliphatic heterocycles. The van der Waals surface area contributed by atoms with Gasteiger partial charge in [-0.3, -0.25) is 4.98 Å². The fraction of sp³-hybridized carbons (Fsp3) is 0.400. The van der Waals surface area contributed by atoms with Crippen molar-refractivity contribution in [1.29, 1.82) is 0 Å². The highest BCUT2D eigenvalue weighted by molar-refractivity contribution is 5.08. The number of hydrogen-bond donors (Lipinski definition) is 1. The molecule has 0 atom stereocenters. The Labute approximate surface area is 84.0 Å². The van der Waals surface area contributed by atoms with Crippen molar-refractivity contribution >= 4 is 0 Å². The molecule has 0 amide bonds. The van der Waals surface area contributed by atoms with Crippen LogP contribution in [0.15, 0.2) is 25.0 Å². The van der Waals surface area contributed by atoms with Gasteiger partial charge in [0.2, 0.25) is 5.88 Å². The highest BCUT2D eigenvalue weighted by Gasteiger charge is 1.97. The molecule has 14 heavy (non-hydrogen) atoms. The lowest BCUT2D eigenvalue weighted by molar-refractivity contribution is 0.345. The molecule has 1 aromatic heterocycles. The average molecular weight is 193 g/mol. The van der Waals surface area contributed by atoms with Crippen LogP contribution in [0.5, 0.6) is 5.88 Å². The van der Waals surface area contributed by atoms with Crippen molar-refractivity contribution in [2.75, 3.05) is 13.2 Å². The zero-order valence-electron chi connectivity index (χ0n) is 8.36. The van der Waals surface area contributed by atoms with Crippen LogP contribution in [0.4, 0.5) is 0 Å². The largest absolute Gasteiger partial charge is 0.472 e. The van der Waals surface area contributed by atoms with Crippen molar-refractivity contribution in [3.05, 3.63) is 30.7 Å². The van der Waals surface area contributed by atoms with E-state index in [1.165, 1.54) is 0 Å². The summed E-state index contributed by atoms with van der Waals surface area (Å²) in [6, 6.07) is 0. The van der Waals surface area contributed by atoms with Crippen LogP contribution in [0.2, 0.25) is 0 Å². The van der Waals surface area contributed by atoms with Crippen LogP contribution in [0.1, 0.15) is 12.6 Å². The first-order chi connectivity index (χ1) is 6.86. The van der Waals surface area contributed by atoms with Crippen molar-refractivity contribution in [2.24, 2.45) is 0 Å². The van der Waals surface area contributed by atoms with E-state index in [1.807, 2.05) is 6.92 Å². The third-order valence-corrected chi connectivity index (χ3v) is 1.57. The normalized spacial score (nSPS) is 9.79. The van der Waals surface area contributed by atoms with E-state index in [-0.39, 0.29) is 0 Å². The van der Waals surface area contributed by atoms with E-state index in [0.29, 0.717) is 12.5 Å². The summed E-state index contributed by atoms with van der Waals surface area (Å²) in [5.41, 5.74) is 0.883. The van der Waals surface area contributed by atoms with Gasteiger partial charge in [0.15, 0.2) is 0 Å². The zero-order valence-corrected chi connectivity index (χ0v) is 8.36. The molecule has 1 N–H and O–H groups in total. The predicted molar refractivity (Wildman–Crippen MR) is 55.1 cm³/mol. The van der Waals surface area contributed by atoms with Gasteiger partial charge in [0, 0.05) is 12.7 Å². The second kappa shape index (κ2) is 6.10. The third-order valence-electron chi connectivity index (χ3n) is 1.57. The number of rotatable bonds is 6. The van der Waals surface area contributed by atoms with Crippen LogP contribution in [-0.4, -0.2) is 23.1 Å². The smallest absolute Gasteiger partial charge is 0.232 e. The molecule has 0 spiro atoms. The molecule has 4 nitrogen and oxygen atoms in total. The molecule has 0 saturated heterocycles. The molecule has 0 unspecified atom stereocenters. The van der Waals surface area contributed by atoms with Crippen LogP contribution in [0.25, 0.3) is 0 Å². The van der Waals surface area contributed by atoms with Gasteiger partial charge in [0.25, 0.3) is 0 Å². The molecule has 76 valence electrons. The number of aromatic nitrogens is 2. The maximum absolute atomic E-state index is 5.26. The van der Waals surface area contributed by atoms with Crippen molar-refractivity contribution < 1.29 is 4.74 Å². The summed E-state index contributed by atoms with van der Waals surface area (Å²) in [6.45, 7) is 7.70. The first kappa shape index (κ1) is 10.7. The van der Waals surface area contributed by atoms with E-state index < -0.39 is 0 Å². The molecule has 1 heterocycles. The monoisotopic (exact) mass is 193 g/mol. The summed E-state index contributed by atoms with van der Waals surface area (Å²) in [6.07, 6.45) is 5.00. The van der Waals surface area contributed by atoms with Gasteiger partial charge in [0.05, 0.1) is 11.9 Å². The van der Waals surface area contributed by atoms with Gasteiger partial charge >= 0.3 is 0 Å². The zero-order chi connectivity index (χ0) is 10.2. The molecular weight excluding hydrogens is 178 g/mol. The van der Waals surface area contributed by atoms with Crippen LogP contribution in [0.3, 0.4) is 0 Å². The van der Waals surface area contributed by atoms with Crippen LogP contribution < -0.4 is 10.1 Å². The average Bonchev–Trinajstić information content (AvgIpc) is 2.24. The van der Waals surface area contributed by atoms with E-state index in [9.17, 15) is 0 Å². The first-order valence-corrected chi connectivity index (χ1v) is 4.62. The topological polar surface area (TPSA) is 47.0 Å². The van der Waals surface area contributed by atoms with Gasteiger partial charge in [-0.1, -0.05) is 19.6 Å². The van der Waals surface area contributed by atoms with Crippen molar-refractivity contribution in [3.63, 3.8) is 0 Å². The molecule has 0 bridgehead atoms. The molecule has 0 aliphatic rings. The van der Waals surface area contributed by atoms with E-state index in [0.717, 1.165) is 18.8 Å². The molecule has 0 fully saturated rings. The second-order valence-corrected chi connectivity index (χ2v) is 2.73. The maximum Gasteiger partial charge on any atom is 0.232 e. The molecule has 0 radical (unpaired) electrons. The summed E-state index contributed by atoms with van der Waals surface area (Å²) >= 11 is 0. The van der Waals surface area contributed by atoms with E-state index in [4.69, 9.17) is 4.74 Å². The summed E-state index contributed by atoms with van der Waals surface area (Å²) in [4.78, 5) is 8.28. The quantitative estimate of drug-likeness (QED) is 0.688. The Balaban J connectivity index is 2.54. The lowest BCUT2D eigenvalue weighted by Gasteiger charge is -2.04. The lowest BCUT2D eigenvalue weighted by atomic mass is 10.4. The molecule has 0 saturated carbocycles.